The molecule has 18 heavy (non-hydrogen) atoms. The van der Waals surface area contributed by atoms with Crippen LogP contribution in [0.4, 0.5) is 5.69 Å². The Morgan fingerprint density at radius 3 is 2.94 bits per heavy atom. The van der Waals surface area contributed by atoms with Crippen molar-refractivity contribution in [2.45, 2.75) is 37.3 Å². The number of piperidine rings is 1. The summed E-state index contributed by atoms with van der Waals surface area (Å²) in [6, 6.07) is 9.21. The molecule has 1 saturated heterocycles. The topological polar surface area (TPSA) is 64.3 Å². The number of nitrogens with zero attached hydrogens (tertiary/aromatic N) is 2. The highest BCUT2D eigenvalue weighted by Crippen LogP contribution is 2.48. The second kappa shape index (κ2) is 3.56. The maximum absolute atomic E-state index is 12.1. The van der Waals surface area contributed by atoms with Gasteiger partial charge in [0.1, 0.15) is 0 Å². The Bertz CT molecular complexity index is 559. The maximum Gasteiger partial charge on any atom is 0.227 e. The monoisotopic (exact) mass is 242 g/mol. The van der Waals surface area contributed by atoms with Gasteiger partial charge < -0.3 is 10.0 Å². The van der Waals surface area contributed by atoms with E-state index in [9.17, 15) is 15.2 Å². The molecule has 1 amide bonds. The van der Waals surface area contributed by atoms with Crippen LogP contribution in [-0.2, 0) is 4.79 Å². The molecule has 0 aliphatic carbocycles. The highest BCUT2D eigenvalue weighted by molar-refractivity contribution is 5.98. The average Bonchev–Trinajstić information content (AvgIpc) is 2.70. The zero-order chi connectivity index (χ0) is 12.9. The lowest BCUT2D eigenvalue weighted by Crippen LogP contribution is -2.57. The van der Waals surface area contributed by atoms with Crippen molar-refractivity contribution in [2.24, 2.45) is 0 Å². The minimum Gasteiger partial charge on any atom is -0.388 e. The minimum atomic E-state index is -1.01. The molecule has 3 atom stereocenters. The molecule has 0 aromatic heterocycles. The summed E-state index contributed by atoms with van der Waals surface area (Å²) in [5, 5.41) is 19.9. The van der Waals surface area contributed by atoms with Crippen LogP contribution in [-0.4, -0.2) is 22.7 Å². The molecule has 2 aliphatic heterocycles. The van der Waals surface area contributed by atoms with Gasteiger partial charge in [0.25, 0.3) is 0 Å². The molecule has 0 saturated carbocycles. The van der Waals surface area contributed by atoms with Gasteiger partial charge in [-0.3, -0.25) is 4.79 Å². The summed E-state index contributed by atoms with van der Waals surface area (Å²) < 4.78 is 0. The number of rotatable bonds is 0. The molecule has 0 bridgehead atoms. The predicted octanol–water partition coefficient (Wildman–Crippen LogP) is 1.55. The van der Waals surface area contributed by atoms with E-state index >= 15 is 0 Å². The summed E-state index contributed by atoms with van der Waals surface area (Å²) in [7, 11) is 0. The van der Waals surface area contributed by atoms with Crippen molar-refractivity contribution >= 4 is 11.6 Å². The second-order valence-electron chi connectivity index (χ2n) is 5.23. The third-order valence-electron chi connectivity index (χ3n) is 4.02. The number of amides is 1. The number of aliphatic hydroxyl groups is 1. The fourth-order valence-corrected chi connectivity index (χ4v) is 3.13. The van der Waals surface area contributed by atoms with Crippen molar-refractivity contribution in [1.29, 1.82) is 5.26 Å². The molecule has 4 heteroatoms. The number of benzene rings is 1. The summed E-state index contributed by atoms with van der Waals surface area (Å²) in [5.41, 5.74) is 0.618. The van der Waals surface area contributed by atoms with Crippen LogP contribution in [0.3, 0.4) is 0 Å². The lowest BCUT2D eigenvalue weighted by atomic mass is 9.80. The molecule has 0 radical (unpaired) electrons. The average molecular weight is 242 g/mol. The fourth-order valence-electron chi connectivity index (χ4n) is 3.13. The largest absolute Gasteiger partial charge is 0.388 e. The van der Waals surface area contributed by atoms with Gasteiger partial charge >= 0.3 is 0 Å². The summed E-state index contributed by atoms with van der Waals surface area (Å²) >= 11 is 0. The third-order valence-corrected chi connectivity index (χ3v) is 4.02. The Balaban J connectivity index is 2.20. The van der Waals surface area contributed by atoms with Gasteiger partial charge in [0.15, 0.2) is 0 Å². The number of carbonyl (C=O) groups is 1. The standard InChI is InChI=1S/C14H14N2O2/c1-14(18)7-6-12(17)16-11-5-3-2-4-9(11)10(8-15)13(14)16/h2-5,10,13,18H,6-7H2,1H3/t10-,13-,14+/m1/s1. The Labute approximate surface area is 105 Å². The van der Waals surface area contributed by atoms with Crippen LogP contribution in [0.2, 0.25) is 0 Å². The van der Waals surface area contributed by atoms with Crippen molar-refractivity contribution in [3.8, 4) is 6.07 Å². The second-order valence-corrected chi connectivity index (χ2v) is 5.23. The van der Waals surface area contributed by atoms with E-state index in [1.165, 1.54) is 0 Å². The molecule has 2 heterocycles. The first-order valence-corrected chi connectivity index (χ1v) is 6.09. The van der Waals surface area contributed by atoms with E-state index in [4.69, 9.17) is 0 Å². The molecular weight excluding hydrogens is 228 g/mol. The van der Waals surface area contributed by atoms with E-state index in [1.54, 1.807) is 11.8 Å². The van der Waals surface area contributed by atoms with Gasteiger partial charge in [0.2, 0.25) is 5.91 Å². The fraction of sp³-hybridized carbons (Fsp3) is 0.429. The van der Waals surface area contributed by atoms with Gasteiger partial charge in [0.05, 0.1) is 23.6 Å². The molecular formula is C14H14N2O2. The Kier molecular flexibility index (Phi) is 2.23. The summed E-state index contributed by atoms with van der Waals surface area (Å²) in [6.45, 7) is 1.72. The lowest BCUT2D eigenvalue weighted by molar-refractivity contribution is -0.125. The molecule has 1 aromatic rings. The summed E-state index contributed by atoms with van der Waals surface area (Å²) in [6.07, 6.45) is 0.745. The van der Waals surface area contributed by atoms with Crippen LogP contribution in [0.5, 0.6) is 0 Å². The van der Waals surface area contributed by atoms with Crippen molar-refractivity contribution < 1.29 is 9.90 Å². The molecule has 1 N–H and O–H groups in total. The molecule has 0 unspecified atom stereocenters. The van der Waals surface area contributed by atoms with Gasteiger partial charge in [-0.15, -0.1) is 0 Å². The number of para-hydroxylation sites is 1. The van der Waals surface area contributed by atoms with Crippen molar-refractivity contribution in [2.75, 3.05) is 4.90 Å². The van der Waals surface area contributed by atoms with Gasteiger partial charge in [-0.25, -0.2) is 0 Å². The lowest BCUT2D eigenvalue weighted by Gasteiger charge is -2.42. The predicted molar refractivity (Wildman–Crippen MR) is 65.9 cm³/mol. The first kappa shape index (κ1) is 11.2. The highest BCUT2D eigenvalue weighted by Gasteiger charge is 2.53. The Morgan fingerprint density at radius 1 is 1.50 bits per heavy atom. The van der Waals surface area contributed by atoms with Gasteiger partial charge in [-0.1, -0.05) is 18.2 Å². The zero-order valence-corrected chi connectivity index (χ0v) is 10.1. The van der Waals surface area contributed by atoms with Gasteiger partial charge in [0, 0.05) is 12.1 Å². The zero-order valence-electron chi connectivity index (χ0n) is 10.1. The van der Waals surface area contributed by atoms with Crippen LogP contribution in [0, 0.1) is 11.3 Å². The van der Waals surface area contributed by atoms with Crippen LogP contribution in [0.25, 0.3) is 0 Å². The van der Waals surface area contributed by atoms with E-state index in [1.807, 2.05) is 24.3 Å². The molecule has 1 fully saturated rings. The van der Waals surface area contributed by atoms with Crippen molar-refractivity contribution in [1.82, 2.24) is 0 Å². The van der Waals surface area contributed by atoms with E-state index in [2.05, 4.69) is 6.07 Å². The highest BCUT2D eigenvalue weighted by atomic mass is 16.3. The molecule has 0 spiro atoms. The van der Waals surface area contributed by atoms with Crippen LogP contribution in [0.1, 0.15) is 31.2 Å². The number of hydrogen-bond acceptors (Lipinski definition) is 3. The van der Waals surface area contributed by atoms with E-state index in [-0.39, 0.29) is 5.91 Å². The molecule has 4 nitrogen and oxygen atoms in total. The summed E-state index contributed by atoms with van der Waals surface area (Å²) in [5.74, 6) is -0.447. The van der Waals surface area contributed by atoms with Gasteiger partial charge in [-0.05, 0) is 25.0 Å². The first-order valence-electron chi connectivity index (χ1n) is 6.09. The SMILES string of the molecule is C[C@]1(O)CCC(=O)N2c3ccccc3[C@@H](C#N)[C@@H]21. The molecule has 92 valence electrons. The number of anilines is 1. The van der Waals surface area contributed by atoms with Gasteiger partial charge in [-0.2, -0.15) is 5.26 Å². The van der Waals surface area contributed by atoms with Crippen molar-refractivity contribution in [3.63, 3.8) is 0 Å². The van der Waals surface area contributed by atoms with E-state index < -0.39 is 17.6 Å². The van der Waals surface area contributed by atoms with Crippen LogP contribution < -0.4 is 4.90 Å². The normalized spacial score (nSPS) is 33.8. The van der Waals surface area contributed by atoms with E-state index in [0.717, 1.165) is 11.3 Å². The van der Waals surface area contributed by atoms with Crippen molar-refractivity contribution in [3.05, 3.63) is 29.8 Å². The number of nitriles is 1. The number of hydrogen-bond donors (Lipinski definition) is 1. The number of fused-ring (bicyclic) bond motifs is 3. The number of carbonyl (C=O) groups excluding carboxylic acids is 1. The first-order chi connectivity index (χ1) is 8.56. The molecule has 3 rings (SSSR count). The minimum absolute atomic E-state index is 0.00303. The molecule has 1 aromatic carbocycles. The third kappa shape index (κ3) is 1.31. The quantitative estimate of drug-likeness (QED) is 0.750. The maximum atomic E-state index is 12.1. The smallest absolute Gasteiger partial charge is 0.227 e. The Morgan fingerprint density at radius 2 is 2.22 bits per heavy atom. The van der Waals surface area contributed by atoms with Crippen LogP contribution in [0.15, 0.2) is 24.3 Å². The Hall–Kier alpha value is -1.86. The molecule has 2 aliphatic rings. The summed E-state index contributed by atoms with van der Waals surface area (Å²) in [4.78, 5) is 13.7. The van der Waals surface area contributed by atoms with Crippen LogP contribution >= 0.6 is 0 Å². The van der Waals surface area contributed by atoms with E-state index in [0.29, 0.717) is 12.8 Å².